The highest BCUT2D eigenvalue weighted by atomic mass is 16.2. The SMILES string of the molecule is CCc1ccc(NC(=O)Cn2cnc(-c3ccc(C)cc3)cc2=O)cc1. The van der Waals surface area contributed by atoms with Crippen LogP contribution in [0.2, 0.25) is 0 Å². The van der Waals surface area contributed by atoms with Gasteiger partial charge in [0, 0.05) is 17.3 Å². The minimum atomic E-state index is -0.263. The summed E-state index contributed by atoms with van der Waals surface area (Å²) in [6, 6.07) is 16.9. The lowest BCUT2D eigenvalue weighted by Gasteiger charge is -2.08. The number of amides is 1. The highest BCUT2D eigenvalue weighted by Gasteiger charge is 2.08. The number of carbonyl (C=O) groups is 1. The van der Waals surface area contributed by atoms with Gasteiger partial charge < -0.3 is 5.32 Å². The summed E-state index contributed by atoms with van der Waals surface area (Å²) in [5, 5.41) is 2.80. The molecule has 0 aliphatic heterocycles. The fourth-order valence-electron chi connectivity index (χ4n) is 2.61. The number of aryl methyl sites for hydroxylation is 2. The van der Waals surface area contributed by atoms with Crippen LogP contribution in [0.5, 0.6) is 0 Å². The van der Waals surface area contributed by atoms with Gasteiger partial charge in [-0.2, -0.15) is 0 Å². The third-order valence-electron chi connectivity index (χ3n) is 4.19. The summed E-state index contributed by atoms with van der Waals surface area (Å²) in [7, 11) is 0. The number of anilines is 1. The number of benzene rings is 2. The van der Waals surface area contributed by atoms with Crippen molar-refractivity contribution in [3.05, 3.63) is 82.4 Å². The van der Waals surface area contributed by atoms with E-state index in [1.165, 1.54) is 22.5 Å². The normalized spacial score (nSPS) is 10.5. The Bertz CT molecular complexity index is 958. The zero-order chi connectivity index (χ0) is 18.5. The quantitative estimate of drug-likeness (QED) is 0.769. The van der Waals surface area contributed by atoms with Crippen molar-refractivity contribution in [2.75, 3.05) is 5.32 Å². The molecule has 0 unspecified atom stereocenters. The first-order valence-electron chi connectivity index (χ1n) is 8.57. The Kier molecular flexibility index (Phi) is 5.27. The first kappa shape index (κ1) is 17.6. The number of hydrogen-bond acceptors (Lipinski definition) is 3. The summed E-state index contributed by atoms with van der Waals surface area (Å²) in [6.07, 6.45) is 2.36. The molecule has 5 nitrogen and oxygen atoms in total. The molecule has 0 aliphatic carbocycles. The van der Waals surface area contributed by atoms with Gasteiger partial charge in [-0.15, -0.1) is 0 Å². The van der Waals surface area contributed by atoms with E-state index in [-0.39, 0.29) is 18.0 Å². The predicted molar refractivity (Wildman–Crippen MR) is 103 cm³/mol. The molecule has 1 heterocycles. The number of hydrogen-bond donors (Lipinski definition) is 1. The number of rotatable bonds is 5. The first-order valence-corrected chi connectivity index (χ1v) is 8.57. The molecule has 1 aromatic heterocycles. The Labute approximate surface area is 152 Å². The molecule has 3 aromatic rings. The average molecular weight is 347 g/mol. The molecule has 1 N–H and O–H groups in total. The monoisotopic (exact) mass is 347 g/mol. The van der Waals surface area contributed by atoms with Crippen LogP contribution < -0.4 is 10.9 Å². The van der Waals surface area contributed by atoms with Crippen molar-refractivity contribution >= 4 is 11.6 Å². The molecular formula is C21H21N3O2. The van der Waals surface area contributed by atoms with Gasteiger partial charge in [-0.1, -0.05) is 48.9 Å². The van der Waals surface area contributed by atoms with Gasteiger partial charge in [0.15, 0.2) is 0 Å². The Morgan fingerprint density at radius 2 is 1.77 bits per heavy atom. The first-order chi connectivity index (χ1) is 12.5. The second kappa shape index (κ2) is 7.78. The molecule has 2 aromatic carbocycles. The minimum Gasteiger partial charge on any atom is -0.325 e. The summed E-state index contributed by atoms with van der Waals surface area (Å²) in [5.74, 6) is -0.263. The van der Waals surface area contributed by atoms with Crippen molar-refractivity contribution in [2.24, 2.45) is 0 Å². The molecule has 3 rings (SSSR count). The minimum absolute atomic E-state index is 0.0739. The molecule has 0 radical (unpaired) electrons. The van der Waals surface area contributed by atoms with Crippen molar-refractivity contribution in [1.82, 2.24) is 9.55 Å². The molecular weight excluding hydrogens is 326 g/mol. The molecule has 132 valence electrons. The van der Waals surface area contributed by atoms with Crippen molar-refractivity contribution < 1.29 is 4.79 Å². The number of carbonyl (C=O) groups excluding carboxylic acids is 1. The fourth-order valence-corrected chi connectivity index (χ4v) is 2.61. The zero-order valence-electron chi connectivity index (χ0n) is 14.9. The van der Waals surface area contributed by atoms with Gasteiger partial charge in [0.25, 0.3) is 5.56 Å². The Hall–Kier alpha value is -3.21. The standard InChI is InChI=1S/C21H21N3O2/c1-3-16-6-10-18(11-7-16)23-20(25)13-24-14-22-19(12-21(24)26)17-8-4-15(2)5-9-17/h4-12,14H,3,13H2,1-2H3,(H,23,25). The van der Waals surface area contributed by atoms with Crippen LogP contribution >= 0.6 is 0 Å². The van der Waals surface area contributed by atoms with E-state index in [1.807, 2.05) is 55.5 Å². The molecule has 0 saturated heterocycles. The maximum absolute atomic E-state index is 12.3. The smallest absolute Gasteiger partial charge is 0.254 e. The van der Waals surface area contributed by atoms with Gasteiger partial charge in [0.05, 0.1) is 12.0 Å². The number of aromatic nitrogens is 2. The average Bonchev–Trinajstić information content (AvgIpc) is 2.64. The lowest BCUT2D eigenvalue weighted by molar-refractivity contribution is -0.116. The third kappa shape index (κ3) is 4.25. The van der Waals surface area contributed by atoms with E-state index in [4.69, 9.17) is 0 Å². The summed E-state index contributed by atoms with van der Waals surface area (Å²) in [6.45, 7) is 4.01. The Balaban J connectivity index is 1.70. The largest absolute Gasteiger partial charge is 0.325 e. The molecule has 0 fully saturated rings. The molecule has 1 amide bonds. The Morgan fingerprint density at radius 3 is 2.38 bits per heavy atom. The van der Waals surface area contributed by atoms with E-state index >= 15 is 0 Å². The van der Waals surface area contributed by atoms with Crippen molar-refractivity contribution in [2.45, 2.75) is 26.8 Å². The van der Waals surface area contributed by atoms with Crippen molar-refractivity contribution in [3.63, 3.8) is 0 Å². The molecule has 5 heteroatoms. The van der Waals surface area contributed by atoms with Gasteiger partial charge >= 0.3 is 0 Å². The summed E-state index contributed by atoms with van der Waals surface area (Å²) in [4.78, 5) is 28.8. The van der Waals surface area contributed by atoms with Crippen LogP contribution in [0.3, 0.4) is 0 Å². The lowest BCUT2D eigenvalue weighted by Crippen LogP contribution is -2.27. The fraction of sp³-hybridized carbons (Fsp3) is 0.190. The van der Waals surface area contributed by atoms with E-state index in [1.54, 1.807) is 0 Å². The lowest BCUT2D eigenvalue weighted by atomic mass is 10.1. The topological polar surface area (TPSA) is 64.0 Å². The van der Waals surface area contributed by atoms with Crippen LogP contribution in [0.15, 0.2) is 65.7 Å². The van der Waals surface area contributed by atoms with Crippen LogP contribution in [0.25, 0.3) is 11.3 Å². The molecule has 0 spiro atoms. The van der Waals surface area contributed by atoms with Crippen LogP contribution in [-0.4, -0.2) is 15.5 Å². The van der Waals surface area contributed by atoms with E-state index < -0.39 is 0 Å². The van der Waals surface area contributed by atoms with Gasteiger partial charge in [-0.25, -0.2) is 4.98 Å². The Morgan fingerprint density at radius 1 is 1.08 bits per heavy atom. The molecule has 0 saturated carbocycles. The van der Waals surface area contributed by atoms with Gasteiger partial charge in [-0.05, 0) is 31.0 Å². The van der Waals surface area contributed by atoms with Crippen LogP contribution in [0, 0.1) is 6.92 Å². The number of nitrogens with one attached hydrogen (secondary N) is 1. The summed E-state index contributed by atoms with van der Waals surface area (Å²) in [5.41, 5.74) is 4.28. The van der Waals surface area contributed by atoms with Crippen molar-refractivity contribution in [1.29, 1.82) is 0 Å². The molecule has 26 heavy (non-hydrogen) atoms. The highest BCUT2D eigenvalue weighted by Crippen LogP contribution is 2.15. The van der Waals surface area contributed by atoms with Crippen molar-refractivity contribution in [3.8, 4) is 11.3 Å². The molecule has 0 atom stereocenters. The van der Waals surface area contributed by atoms with E-state index in [0.717, 1.165) is 17.5 Å². The second-order valence-corrected chi connectivity index (χ2v) is 6.20. The summed E-state index contributed by atoms with van der Waals surface area (Å²) < 4.78 is 1.30. The summed E-state index contributed by atoms with van der Waals surface area (Å²) >= 11 is 0. The third-order valence-corrected chi connectivity index (χ3v) is 4.19. The van der Waals surface area contributed by atoms with Crippen LogP contribution in [0.1, 0.15) is 18.1 Å². The van der Waals surface area contributed by atoms with Gasteiger partial charge in [0.1, 0.15) is 6.54 Å². The second-order valence-electron chi connectivity index (χ2n) is 6.20. The highest BCUT2D eigenvalue weighted by molar-refractivity contribution is 5.90. The van der Waals surface area contributed by atoms with Gasteiger partial charge in [0.2, 0.25) is 5.91 Å². The maximum Gasteiger partial charge on any atom is 0.254 e. The van der Waals surface area contributed by atoms with E-state index in [2.05, 4.69) is 17.2 Å². The van der Waals surface area contributed by atoms with E-state index in [0.29, 0.717) is 11.4 Å². The zero-order valence-corrected chi connectivity index (χ0v) is 14.9. The van der Waals surface area contributed by atoms with Crippen LogP contribution in [0.4, 0.5) is 5.69 Å². The molecule has 0 bridgehead atoms. The predicted octanol–water partition coefficient (Wildman–Crippen LogP) is 3.42. The molecule has 0 aliphatic rings. The van der Waals surface area contributed by atoms with E-state index in [9.17, 15) is 9.59 Å². The number of nitrogens with zero attached hydrogens (tertiary/aromatic N) is 2. The van der Waals surface area contributed by atoms with Crippen LogP contribution in [-0.2, 0) is 17.8 Å². The van der Waals surface area contributed by atoms with Gasteiger partial charge in [-0.3, -0.25) is 14.2 Å². The maximum atomic E-state index is 12.3.